The van der Waals surface area contributed by atoms with Crippen LogP contribution in [0.4, 0.5) is 0 Å². The van der Waals surface area contributed by atoms with Gasteiger partial charge in [0.2, 0.25) is 0 Å². The van der Waals surface area contributed by atoms with E-state index in [2.05, 4.69) is 0 Å². The minimum Gasteiger partial charge on any atom is -0.497 e. The molecule has 0 unspecified atom stereocenters. The number of nitrogens with zero attached hydrogens (tertiary/aromatic N) is 2. The Labute approximate surface area is 137 Å². The summed E-state index contributed by atoms with van der Waals surface area (Å²) in [5.41, 5.74) is -1.34. The van der Waals surface area contributed by atoms with Crippen LogP contribution in [0.5, 0.6) is 5.75 Å². The van der Waals surface area contributed by atoms with E-state index in [1.54, 1.807) is 12.1 Å². The molecule has 3 rings (SSSR count). The van der Waals surface area contributed by atoms with Crippen molar-refractivity contribution in [2.24, 2.45) is 7.05 Å². The zero-order chi connectivity index (χ0) is 17.5. The number of rotatable bonds is 3. The van der Waals surface area contributed by atoms with Gasteiger partial charge in [-0.25, -0.2) is 4.68 Å². The lowest BCUT2D eigenvalue weighted by Crippen LogP contribution is -2.41. The van der Waals surface area contributed by atoms with Gasteiger partial charge in [-0.05, 0) is 36.4 Å². The number of fused-ring (bicyclic) bond motifs is 1. The van der Waals surface area contributed by atoms with E-state index in [1.165, 1.54) is 50.6 Å². The predicted octanol–water partition coefficient (Wildman–Crippen LogP) is 0.946. The summed E-state index contributed by atoms with van der Waals surface area (Å²) in [7, 11) is -1.52. The number of hydrogen-bond acceptors (Lipinski definition) is 5. The maximum absolute atomic E-state index is 12.8. The molecule has 0 atom stereocenters. The van der Waals surface area contributed by atoms with Crippen molar-refractivity contribution in [2.75, 3.05) is 7.11 Å². The van der Waals surface area contributed by atoms with Crippen molar-refractivity contribution < 1.29 is 13.2 Å². The third kappa shape index (κ3) is 2.31. The molecule has 0 spiro atoms. The average Bonchev–Trinajstić information content (AvgIpc) is 2.60. The summed E-state index contributed by atoms with van der Waals surface area (Å²) >= 11 is 0. The van der Waals surface area contributed by atoms with Crippen LogP contribution in [-0.2, 0) is 17.1 Å². The summed E-state index contributed by atoms with van der Waals surface area (Å²) in [5.74, 6) is 0.480. The normalized spacial score (nSPS) is 11.6. The molecular formula is C16H14N2O5S. The summed E-state index contributed by atoms with van der Waals surface area (Å²) in [6.07, 6.45) is 0. The number of methoxy groups -OCH3 is 1. The fourth-order valence-corrected chi connectivity index (χ4v) is 3.86. The molecule has 0 aliphatic carbocycles. The second-order valence-electron chi connectivity index (χ2n) is 5.10. The third-order valence-electron chi connectivity index (χ3n) is 3.71. The van der Waals surface area contributed by atoms with Gasteiger partial charge in [0.15, 0.2) is 0 Å². The van der Waals surface area contributed by atoms with Gasteiger partial charge in [0, 0.05) is 7.05 Å². The van der Waals surface area contributed by atoms with Gasteiger partial charge in [0.25, 0.3) is 21.1 Å². The van der Waals surface area contributed by atoms with Gasteiger partial charge in [0.05, 0.1) is 22.8 Å². The van der Waals surface area contributed by atoms with Gasteiger partial charge < -0.3 is 4.74 Å². The minimum atomic E-state index is -4.23. The van der Waals surface area contributed by atoms with Crippen LogP contribution in [-0.4, -0.2) is 24.3 Å². The van der Waals surface area contributed by atoms with Crippen LogP contribution in [0.1, 0.15) is 0 Å². The minimum absolute atomic E-state index is 0.0534. The number of benzene rings is 2. The summed E-state index contributed by atoms with van der Waals surface area (Å²) < 4.78 is 32.0. The first-order valence-corrected chi connectivity index (χ1v) is 8.42. The molecule has 0 amide bonds. The molecule has 0 bridgehead atoms. The van der Waals surface area contributed by atoms with Crippen LogP contribution in [0.15, 0.2) is 63.0 Å². The molecule has 0 aliphatic rings. The largest absolute Gasteiger partial charge is 0.497 e. The quantitative estimate of drug-likeness (QED) is 0.704. The highest BCUT2D eigenvalue weighted by Gasteiger charge is 2.23. The predicted molar refractivity (Wildman–Crippen MR) is 89.0 cm³/mol. The second kappa shape index (κ2) is 5.64. The molecule has 0 aliphatic heterocycles. The fraction of sp³-hybridized carbons (Fsp3) is 0.125. The van der Waals surface area contributed by atoms with E-state index >= 15 is 0 Å². The Morgan fingerprint density at radius 3 is 1.96 bits per heavy atom. The topological polar surface area (TPSA) is 87.4 Å². The summed E-state index contributed by atoms with van der Waals surface area (Å²) in [5, 5.41) is 0.226. The lowest BCUT2D eigenvalue weighted by Gasteiger charge is -2.13. The molecule has 24 heavy (non-hydrogen) atoms. The summed E-state index contributed by atoms with van der Waals surface area (Å²) in [4.78, 5) is 24.9. The first kappa shape index (κ1) is 16.0. The SMILES string of the molecule is COc1ccc(S(=O)(=O)n2c(=O)c3ccccc3c(=O)n2C)cc1. The van der Waals surface area contributed by atoms with Crippen molar-refractivity contribution in [1.82, 2.24) is 8.77 Å². The van der Waals surface area contributed by atoms with E-state index in [9.17, 15) is 18.0 Å². The summed E-state index contributed by atoms with van der Waals surface area (Å²) in [6.45, 7) is 0. The highest BCUT2D eigenvalue weighted by Crippen LogP contribution is 2.17. The van der Waals surface area contributed by atoms with Crippen molar-refractivity contribution >= 4 is 20.8 Å². The average molecular weight is 346 g/mol. The van der Waals surface area contributed by atoms with Crippen molar-refractivity contribution in [1.29, 1.82) is 0 Å². The van der Waals surface area contributed by atoms with E-state index in [-0.39, 0.29) is 15.7 Å². The highest BCUT2D eigenvalue weighted by atomic mass is 32.2. The number of ether oxygens (including phenoxy) is 1. The number of aromatic nitrogens is 2. The van der Waals surface area contributed by atoms with E-state index in [0.29, 0.717) is 9.84 Å². The Bertz CT molecular complexity index is 1140. The second-order valence-corrected chi connectivity index (χ2v) is 6.87. The molecule has 2 aromatic carbocycles. The van der Waals surface area contributed by atoms with Crippen molar-refractivity contribution in [3.05, 3.63) is 69.2 Å². The lowest BCUT2D eigenvalue weighted by molar-refractivity contribution is 0.414. The molecule has 0 radical (unpaired) electrons. The lowest BCUT2D eigenvalue weighted by atomic mass is 10.2. The van der Waals surface area contributed by atoms with Crippen LogP contribution in [0.3, 0.4) is 0 Å². The van der Waals surface area contributed by atoms with Crippen LogP contribution in [0.2, 0.25) is 0 Å². The Hall–Kier alpha value is -2.87. The van der Waals surface area contributed by atoms with Crippen molar-refractivity contribution in [3.8, 4) is 5.75 Å². The maximum Gasteiger partial charge on any atom is 0.287 e. The Morgan fingerprint density at radius 2 is 1.42 bits per heavy atom. The molecule has 8 heteroatoms. The van der Waals surface area contributed by atoms with Crippen LogP contribution in [0, 0.1) is 0 Å². The van der Waals surface area contributed by atoms with Gasteiger partial charge in [-0.1, -0.05) is 12.1 Å². The zero-order valence-corrected chi connectivity index (χ0v) is 13.8. The zero-order valence-electron chi connectivity index (χ0n) is 13.0. The van der Waals surface area contributed by atoms with Crippen molar-refractivity contribution in [2.45, 2.75) is 4.90 Å². The molecule has 1 aromatic heterocycles. The van der Waals surface area contributed by atoms with Crippen LogP contribution >= 0.6 is 0 Å². The van der Waals surface area contributed by atoms with E-state index < -0.39 is 21.1 Å². The molecule has 0 fully saturated rings. The Morgan fingerprint density at radius 1 is 0.875 bits per heavy atom. The van der Waals surface area contributed by atoms with Gasteiger partial charge in [-0.3, -0.25) is 9.59 Å². The van der Waals surface area contributed by atoms with Gasteiger partial charge in [-0.15, -0.1) is 4.09 Å². The standard InChI is InChI=1S/C16H14N2O5S/c1-17-15(19)13-5-3-4-6-14(13)16(20)18(17)24(21,22)12-9-7-11(23-2)8-10-12/h3-10H,1-2H3. The maximum atomic E-state index is 12.8. The molecule has 1 heterocycles. The molecule has 7 nitrogen and oxygen atoms in total. The molecule has 0 saturated carbocycles. The third-order valence-corrected chi connectivity index (χ3v) is 5.45. The van der Waals surface area contributed by atoms with E-state index in [0.717, 1.165) is 4.68 Å². The Kier molecular flexibility index (Phi) is 3.76. The first-order valence-electron chi connectivity index (χ1n) is 6.98. The van der Waals surface area contributed by atoms with Crippen LogP contribution < -0.4 is 15.9 Å². The number of hydrogen-bond donors (Lipinski definition) is 0. The molecular weight excluding hydrogens is 332 g/mol. The van der Waals surface area contributed by atoms with E-state index in [4.69, 9.17) is 4.74 Å². The van der Waals surface area contributed by atoms with Crippen molar-refractivity contribution in [3.63, 3.8) is 0 Å². The fourth-order valence-electron chi connectivity index (χ4n) is 2.47. The monoisotopic (exact) mass is 346 g/mol. The van der Waals surface area contributed by atoms with Crippen LogP contribution in [0.25, 0.3) is 10.8 Å². The first-order chi connectivity index (χ1) is 11.4. The summed E-state index contributed by atoms with van der Waals surface area (Å²) in [6, 6.07) is 11.7. The molecule has 124 valence electrons. The molecule has 3 aromatic rings. The van der Waals surface area contributed by atoms with Gasteiger partial charge in [0.1, 0.15) is 5.75 Å². The van der Waals surface area contributed by atoms with Gasteiger partial charge >= 0.3 is 0 Å². The smallest absolute Gasteiger partial charge is 0.287 e. The Balaban J connectivity index is 2.36. The van der Waals surface area contributed by atoms with E-state index in [1.807, 2.05) is 0 Å². The molecule has 0 N–H and O–H groups in total. The molecule has 0 saturated heterocycles. The highest BCUT2D eigenvalue weighted by molar-refractivity contribution is 7.89. The van der Waals surface area contributed by atoms with Gasteiger partial charge in [-0.2, -0.15) is 8.42 Å².